The van der Waals surface area contributed by atoms with Crippen molar-refractivity contribution < 1.29 is 8.39 Å². The minimum Gasteiger partial charge on any atom is -0.274 e. The zero-order valence-corrected chi connectivity index (χ0v) is 11.0. The van der Waals surface area contributed by atoms with Crippen molar-refractivity contribution >= 4 is 34.5 Å². The van der Waals surface area contributed by atoms with Gasteiger partial charge in [-0.15, -0.1) is 0 Å². The smallest absolute Gasteiger partial charge is 0.237 e. The van der Waals surface area contributed by atoms with Crippen LogP contribution in [-0.2, 0) is 22.0 Å². The second-order valence-corrected chi connectivity index (χ2v) is 5.60. The third kappa shape index (κ3) is 2.57. The maximum atomic E-state index is 11.5. The van der Waals surface area contributed by atoms with Crippen LogP contribution in [0.25, 0.3) is 0 Å². The summed E-state index contributed by atoms with van der Waals surface area (Å²) < 4.78 is 18.4. The van der Waals surface area contributed by atoms with Gasteiger partial charge in [-0.3, -0.25) is 4.18 Å². The molecule has 6 heteroatoms. The first-order chi connectivity index (χ1) is 7.58. The number of hydrogen-bond donors (Lipinski definition) is 0. The van der Waals surface area contributed by atoms with E-state index in [9.17, 15) is 4.21 Å². The number of rotatable bonds is 2. The van der Waals surface area contributed by atoms with E-state index in [-0.39, 0.29) is 6.10 Å². The van der Waals surface area contributed by atoms with Gasteiger partial charge in [-0.05, 0) is 19.1 Å². The van der Waals surface area contributed by atoms with Crippen LogP contribution in [0.15, 0.2) is 18.2 Å². The molecule has 2 rings (SSSR count). The van der Waals surface area contributed by atoms with E-state index in [2.05, 4.69) is 0 Å². The maximum Gasteiger partial charge on any atom is 0.237 e. The van der Waals surface area contributed by atoms with Gasteiger partial charge in [0.1, 0.15) is 0 Å². The van der Waals surface area contributed by atoms with Crippen LogP contribution < -0.4 is 0 Å². The Morgan fingerprint density at radius 1 is 1.50 bits per heavy atom. The first kappa shape index (κ1) is 12.3. The maximum absolute atomic E-state index is 11.5. The molecular formula is C10H11Cl2NO2S. The van der Waals surface area contributed by atoms with Crippen molar-refractivity contribution in [3.05, 3.63) is 33.8 Å². The van der Waals surface area contributed by atoms with E-state index < -0.39 is 11.3 Å². The molecule has 0 radical (unpaired) electrons. The molecule has 0 aromatic heterocycles. The van der Waals surface area contributed by atoms with Crippen molar-refractivity contribution in [1.82, 2.24) is 4.31 Å². The van der Waals surface area contributed by atoms with Gasteiger partial charge >= 0.3 is 0 Å². The molecule has 1 aliphatic heterocycles. The number of nitrogens with zero attached hydrogens (tertiary/aromatic N) is 1. The molecule has 2 unspecified atom stereocenters. The van der Waals surface area contributed by atoms with Gasteiger partial charge in [0, 0.05) is 28.7 Å². The quantitative estimate of drug-likeness (QED) is 0.833. The average Bonchev–Trinajstić information content (AvgIpc) is 2.51. The summed E-state index contributed by atoms with van der Waals surface area (Å²) in [6, 6.07) is 5.33. The van der Waals surface area contributed by atoms with Crippen LogP contribution in [0.2, 0.25) is 10.0 Å². The number of benzene rings is 1. The summed E-state index contributed by atoms with van der Waals surface area (Å²) in [4.78, 5) is 0. The van der Waals surface area contributed by atoms with E-state index in [4.69, 9.17) is 27.4 Å². The fourth-order valence-electron chi connectivity index (χ4n) is 1.56. The van der Waals surface area contributed by atoms with Crippen LogP contribution in [0.1, 0.15) is 12.5 Å². The lowest BCUT2D eigenvalue weighted by molar-refractivity contribution is 0.276. The second-order valence-electron chi connectivity index (χ2n) is 3.65. The van der Waals surface area contributed by atoms with E-state index in [1.165, 1.54) is 0 Å². The molecule has 1 fully saturated rings. The summed E-state index contributed by atoms with van der Waals surface area (Å²) in [6.45, 7) is 2.94. The van der Waals surface area contributed by atoms with Crippen molar-refractivity contribution in [3.8, 4) is 0 Å². The van der Waals surface area contributed by atoms with Crippen molar-refractivity contribution in [2.24, 2.45) is 0 Å². The highest BCUT2D eigenvalue weighted by Gasteiger charge is 2.28. The van der Waals surface area contributed by atoms with E-state index in [0.29, 0.717) is 23.1 Å². The molecular weight excluding hydrogens is 269 g/mol. The standard InChI is InChI=1S/C10H11Cl2NO2S/c1-7-5-13(16(14)15-7)6-8-9(11)3-2-4-10(8)12/h2-4,7H,5-6H2,1H3. The lowest BCUT2D eigenvalue weighted by Crippen LogP contribution is -2.21. The summed E-state index contributed by atoms with van der Waals surface area (Å²) in [6.07, 6.45) is -0.0258. The summed E-state index contributed by atoms with van der Waals surface area (Å²) >= 11 is 10.7. The van der Waals surface area contributed by atoms with Gasteiger partial charge in [-0.1, -0.05) is 29.3 Å². The Balaban J connectivity index is 2.18. The minimum atomic E-state index is -1.39. The normalized spacial score (nSPS) is 26.2. The van der Waals surface area contributed by atoms with Crippen LogP contribution >= 0.6 is 23.2 Å². The SMILES string of the molecule is CC1CN(Cc2c(Cl)cccc2Cl)S(=O)O1. The molecule has 0 N–H and O–H groups in total. The highest BCUT2D eigenvalue weighted by molar-refractivity contribution is 7.77. The molecule has 88 valence electrons. The molecule has 0 saturated carbocycles. The predicted molar refractivity (Wildman–Crippen MR) is 65.6 cm³/mol. The fourth-order valence-corrected chi connectivity index (χ4v) is 3.10. The Hall–Kier alpha value is -0.130. The number of halogens is 2. The summed E-state index contributed by atoms with van der Waals surface area (Å²) in [5.74, 6) is 0. The topological polar surface area (TPSA) is 29.5 Å². The predicted octanol–water partition coefficient (Wildman–Crippen LogP) is 2.79. The van der Waals surface area contributed by atoms with Gasteiger partial charge in [0.25, 0.3) is 0 Å². The Morgan fingerprint density at radius 3 is 2.62 bits per heavy atom. The van der Waals surface area contributed by atoms with Gasteiger partial charge in [0.15, 0.2) is 0 Å². The van der Waals surface area contributed by atoms with Gasteiger partial charge in [0.05, 0.1) is 6.10 Å². The van der Waals surface area contributed by atoms with E-state index in [0.717, 1.165) is 5.56 Å². The molecule has 1 aliphatic rings. The number of hydrogen-bond acceptors (Lipinski definition) is 2. The zero-order chi connectivity index (χ0) is 11.7. The first-order valence-electron chi connectivity index (χ1n) is 4.85. The van der Waals surface area contributed by atoms with Crippen molar-refractivity contribution in [2.75, 3.05) is 6.54 Å². The zero-order valence-electron chi connectivity index (χ0n) is 8.65. The monoisotopic (exact) mass is 279 g/mol. The summed E-state index contributed by atoms with van der Waals surface area (Å²) in [5, 5.41) is 1.17. The van der Waals surface area contributed by atoms with Crippen LogP contribution in [-0.4, -0.2) is 21.2 Å². The second kappa shape index (κ2) is 5.02. The van der Waals surface area contributed by atoms with E-state index in [1.54, 1.807) is 22.5 Å². The molecule has 16 heavy (non-hydrogen) atoms. The lowest BCUT2D eigenvalue weighted by atomic mass is 10.2. The van der Waals surface area contributed by atoms with Gasteiger partial charge in [-0.2, -0.15) is 4.31 Å². The van der Waals surface area contributed by atoms with Crippen LogP contribution in [0.4, 0.5) is 0 Å². The molecule has 1 aromatic carbocycles. The van der Waals surface area contributed by atoms with Gasteiger partial charge < -0.3 is 0 Å². The summed E-state index contributed by atoms with van der Waals surface area (Å²) in [7, 11) is 0. The molecule has 1 heterocycles. The molecule has 3 nitrogen and oxygen atoms in total. The van der Waals surface area contributed by atoms with Gasteiger partial charge in [0.2, 0.25) is 11.3 Å². The molecule has 2 atom stereocenters. The highest BCUT2D eigenvalue weighted by Crippen LogP contribution is 2.27. The molecule has 0 spiro atoms. The first-order valence-corrected chi connectivity index (χ1v) is 6.63. The molecule has 0 bridgehead atoms. The lowest BCUT2D eigenvalue weighted by Gasteiger charge is -2.13. The third-order valence-electron chi connectivity index (χ3n) is 2.31. The average molecular weight is 280 g/mol. The van der Waals surface area contributed by atoms with Crippen LogP contribution in [0.3, 0.4) is 0 Å². The highest BCUT2D eigenvalue weighted by atomic mass is 35.5. The van der Waals surface area contributed by atoms with Crippen molar-refractivity contribution in [2.45, 2.75) is 19.6 Å². The Morgan fingerprint density at radius 2 is 2.12 bits per heavy atom. The largest absolute Gasteiger partial charge is 0.274 e. The van der Waals surface area contributed by atoms with Crippen LogP contribution in [0, 0.1) is 0 Å². The molecule has 1 aromatic rings. The van der Waals surface area contributed by atoms with E-state index in [1.807, 2.05) is 6.92 Å². The van der Waals surface area contributed by atoms with Crippen molar-refractivity contribution in [1.29, 1.82) is 0 Å². The third-order valence-corrected chi connectivity index (χ3v) is 4.22. The van der Waals surface area contributed by atoms with Crippen molar-refractivity contribution in [3.63, 3.8) is 0 Å². The molecule has 0 aliphatic carbocycles. The summed E-state index contributed by atoms with van der Waals surface area (Å²) in [5.41, 5.74) is 0.789. The van der Waals surface area contributed by atoms with E-state index >= 15 is 0 Å². The Bertz CT molecular complexity index is 407. The van der Waals surface area contributed by atoms with Gasteiger partial charge in [-0.25, -0.2) is 4.21 Å². The fraction of sp³-hybridized carbons (Fsp3) is 0.400. The minimum absolute atomic E-state index is 0.0258. The Labute approximate surface area is 107 Å². The molecule has 1 saturated heterocycles. The Kier molecular flexibility index (Phi) is 3.87. The molecule has 0 amide bonds. The van der Waals surface area contributed by atoms with Crippen LogP contribution in [0.5, 0.6) is 0 Å².